The number of hydrogen-bond donors (Lipinski definition) is 5. The molecule has 202 valence electrons. The van der Waals surface area contributed by atoms with E-state index in [4.69, 9.17) is 21.1 Å². The second kappa shape index (κ2) is 8.96. The Morgan fingerprint density at radius 3 is 2.13 bits per heavy atom. The molecular formula is C20H10F3N5O9S2. The van der Waals surface area contributed by atoms with Crippen molar-refractivity contribution in [1.29, 1.82) is 5.41 Å². The molecule has 0 amide bonds. The van der Waals surface area contributed by atoms with Crippen LogP contribution in [-0.4, -0.2) is 37.0 Å². The van der Waals surface area contributed by atoms with E-state index in [2.05, 4.69) is 10.0 Å². The number of nitrogens with one attached hydrogen (secondary N) is 1. The number of halogens is 3. The molecule has 14 nitrogen and oxygen atoms in total. The van der Waals surface area contributed by atoms with Crippen LogP contribution in [0.15, 0.2) is 43.6 Å². The standard InChI is InChI=1S/C20H10F3N5O9S2/c21-12-11(20(29)30)10(13(22)15(14(12)23)27-28-26)9-5-1-3-7(24)18(38(31,32)33)16(5)37-17-6(9)2-4-8(25)19(17)39(34,35)36/h1-4,24H,25H2,(H,29,30)(H,31,32,33)(H,34,35,36). The number of hydrogen-bond acceptors (Lipinski definition) is 9. The van der Waals surface area contributed by atoms with Crippen molar-refractivity contribution in [3.8, 4) is 22.5 Å². The lowest BCUT2D eigenvalue weighted by molar-refractivity contribution is 0.0691. The highest BCUT2D eigenvalue weighted by atomic mass is 32.2. The number of fused-ring (bicyclic) bond motifs is 2. The third kappa shape index (κ3) is 4.19. The summed E-state index contributed by atoms with van der Waals surface area (Å²) in [5.74, 6) is -9.76. The summed E-state index contributed by atoms with van der Waals surface area (Å²) in [5.41, 5.74) is 6.29. The topological polar surface area (TPSA) is 258 Å². The molecule has 0 spiro atoms. The third-order valence-corrected chi connectivity index (χ3v) is 7.28. The summed E-state index contributed by atoms with van der Waals surface area (Å²) in [4.78, 5) is 11.6. The molecule has 0 unspecified atom stereocenters. The summed E-state index contributed by atoms with van der Waals surface area (Å²) in [6, 6.07) is 3.28. The van der Waals surface area contributed by atoms with Gasteiger partial charge in [0.05, 0.1) is 11.0 Å². The van der Waals surface area contributed by atoms with Crippen LogP contribution in [0, 0.1) is 22.9 Å². The van der Waals surface area contributed by atoms with E-state index in [-0.39, 0.29) is 0 Å². The van der Waals surface area contributed by atoms with Gasteiger partial charge in [0.15, 0.2) is 32.8 Å². The number of rotatable bonds is 5. The van der Waals surface area contributed by atoms with Gasteiger partial charge in [-0.2, -0.15) is 16.8 Å². The van der Waals surface area contributed by atoms with Gasteiger partial charge in [-0.3, -0.25) is 14.5 Å². The number of anilines is 1. The van der Waals surface area contributed by atoms with Crippen LogP contribution in [0.3, 0.4) is 0 Å². The molecule has 0 saturated heterocycles. The molecule has 4 rings (SSSR count). The molecule has 0 bridgehead atoms. The minimum Gasteiger partial charge on any atom is -0.478 e. The summed E-state index contributed by atoms with van der Waals surface area (Å²) < 4.78 is 119. The highest BCUT2D eigenvalue weighted by molar-refractivity contribution is 7.86. The lowest BCUT2D eigenvalue weighted by Crippen LogP contribution is -2.17. The molecule has 1 heterocycles. The molecule has 2 aromatic carbocycles. The summed E-state index contributed by atoms with van der Waals surface area (Å²) in [6.45, 7) is 0. The van der Waals surface area contributed by atoms with Gasteiger partial charge in [-0.05, 0) is 29.8 Å². The SMILES string of the molecule is [N-]=[N+]=Nc1c(F)c(F)c(C(=O)O)c(-c2c3ccc(=N)c(S(=O)(=O)O)c-3oc3c(S(=O)(=O)O)c(N)ccc23)c1F. The quantitative estimate of drug-likeness (QED) is 0.0430. The number of carboxylic acids is 1. The third-order valence-electron chi connectivity index (χ3n) is 5.42. The molecular weight excluding hydrogens is 575 g/mol. The smallest absolute Gasteiger partial charge is 0.339 e. The fourth-order valence-electron chi connectivity index (χ4n) is 3.99. The summed E-state index contributed by atoms with van der Waals surface area (Å²) in [6.07, 6.45) is 0. The van der Waals surface area contributed by atoms with Gasteiger partial charge in [-0.15, -0.1) is 0 Å². The molecule has 0 atom stereocenters. The molecule has 2 aromatic rings. The fourth-order valence-corrected chi connectivity index (χ4v) is 5.48. The maximum atomic E-state index is 15.7. The summed E-state index contributed by atoms with van der Waals surface area (Å²) >= 11 is 0. The summed E-state index contributed by atoms with van der Waals surface area (Å²) in [5, 5.41) is 18.7. The van der Waals surface area contributed by atoms with Gasteiger partial charge in [0.25, 0.3) is 20.2 Å². The van der Waals surface area contributed by atoms with Crippen LogP contribution in [0.4, 0.5) is 24.5 Å². The molecule has 1 aliphatic carbocycles. The Morgan fingerprint density at radius 2 is 1.59 bits per heavy atom. The monoisotopic (exact) mass is 585 g/mol. The van der Waals surface area contributed by atoms with Crippen molar-refractivity contribution in [2.75, 3.05) is 5.73 Å². The van der Waals surface area contributed by atoms with Crippen LogP contribution in [0.2, 0.25) is 0 Å². The van der Waals surface area contributed by atoms with Crippen LogP contribution >= 0.6 is 0 Å². The first-order chi connectivity index (χ1) is 18.0. The van der Waals surface area contributed by atoms with Gasteiger partial charge in [0.2, 0.25) is 0 Å². The highest BCUT2D eigenvalue weighted by Gasteiger charge is 2.36. The van der Waals surface area contributed by atoms with Gasteiger partial charge in [-0.1, -0.05) is 5.11 Å². The molecule has 1 aliphatic heterocycles. The molecule has 6 N–H and O–H groups in total. The van der Waals surface area contributed by atoms with E-state index in [0.29, 0.717) is 0 Å². The Kier molecular flexibility index (Phi) is 6.29. The molecule has 0 aromatic heterocycles. The maximum Gasteiger partial charge on any atom is 0.339 e. The molecule has 0 fully saturated rings. The maximum absolute atomic E-state index is 15.7. The Labute approximate surface area is 213 Å². The van der Waals surface area contributed by atoms with Crippen molar-refractivity contribution in [2.45, 2.75) is 9.79 Å². The van der Waals surface area contributed by atoms with E-state index >= 15 is 4.39 Å². The van der Waals surface area contributed by atoms with Crippen molar-refractivity contribution >= 4 is 48.5 Å². The van der Waals surface area contributed by atoms with Crippen molar-refractivity contribution in [2.24, 2.45) is 5.11 Å². The number of carboxylic acid groups (broad SMARTS) is 1. The lowest BCUT2D eigenvalue weighted by atomic mass is 9.89. The van der Waals surface area contributed by atoms with Crippen LogP contribution in [0.5, 0.6) is 0 Å². The number of nitrogens with two attached hydrogens (primary N) is 1. The van der Waals surface area contributed by atoms with Gasteiger partial charge < -0.3 is 15.3 Å². The zero-order valence-corrected chi connectivity index (χ0v) is 20.1. The number of nitrogens with zero attached hydrogens (tertiary/aromatic N) is 3. The van der Waals surface area contributed by atoms with Gasteiger partial charge >= 0.3 is 5.97 Å². The van der Waals surface area contributed by atoms with E-state index in [0.717, 1.165) is 24.3 Å². The number of azide groups is 1. The van der Waals surface area contributed by atoms with Crippen LogP contribution in [0.25, 0.3) is 43.9 Å². The largest absolute Gasteiger partial charge is 0.478 e. The molecule has 0 saturated carbocycles. The first-order valence-electron chi connectivity index (χ1n) is 9.83. The fraction of sp³-hybridized carbons (Fsp3) is 0. The zero-order valence-electron chi connectivity index (χ0n) is 18.5. The number of nitrogen functional groups attached to an aromatic ring is 1. The number of benzene rings is 3. The predicted octanol–water partition coefficient (Wildman–Crippen LogP) is 3.82. The minimum absolute atomic E-state index is 0.650. The first kappa shape index (κ1) is 27.4. The van der Waals surface area contributed by atoms with E-state index in [1.807, 2.05) is 0 Å². The van der Waals surface area contributed by atoms with E-state index in [1.54, 1.807) is 0 Å². The van der Waals surface area contributed by atoms with E-state index in [1.165, 1.54) is 0 Å². The van der Waals surface area contributed by atoms with Gasteiger partial charge in [0.1, 0.15) is 17.1 Å². The Hall–Kier alpha value is -4.68. The normalized spacial score (nSPS) is 12.0. The second-order valence-electron chi connectivity index (χ2n) is 7.64. The Balaban J connectivity index is 2.50. The van der Waals surface area contributed by atoms with E-state index in [9.17, 15) is 44.6 Å². The van der Waals surface area contributed by atoms with Crippen molar-refractivity contribution in [3.05, 3.63) is 63.1 Å². The average Bonchev–Trinajstić information content (AvgIpc) is 2.80. The van der Waals surface area contributed by atoms with Gasteiger partial charge in [0, 0.05) is 27.0 Å². The van der Waals surface area contributed by atoms with Crippen LogP contribution < -0.4 is 11.1 Å². The predicted molar refractivity (Wildman–Crippen MR) is 124 cm³/mol. The summed E-state index contributed by atoms with van der Waals surface area (Å²) in [7, 11) is -10.7. The lowest BCUT2D eigenvalue weighted by Gasteiger charge is -2.21. The van der Waals surface area contributed by atoms with Crippen LogP contribution in [0.1, 0.15) is 10.4 Å². The van der Waals surface area contributed by atoms with Crippen molar-refractivity contribution in [1.82, 2.24) is 0 Å². The highest BCUT2D eigenvalue weighted by Crippen LogP contribution is 2.48. The van der Waals surface area contributed by atoms with Crippen molar-refractivity contribution < 1.29 is 53.4 Å². The van der Waals surface area contributed by atoms with Gasteiger partial charge in [-0.25, -0.2) is 18.0 Å². The van der Waals surface area contributed by atoms with Crippen LogP contribution in [-0.2, 0) is 20.2 Å². The zero-order chi connectivity index (χ0) is 29.2. The number of aromatic carboxylic acids is 1. The number of carbonyl (C=O) groups is 1. The Morgan fingerprint density at radius 1 is 0.974 bits per heavy atom. The molecule has 39 heavy (non-hydrogen) atoms. The van der Waals surface area contributed by atoms with E-state index < -0.39 is 109 Å². The molecule has 2 aliphatic rings. The van der Waals surface area contributed by atoms with Crippen molar-refractivity contribution in [3.63, 3.8) is 0 Å². The average molecular weight is 585 g/mol. The molecule has 0 radical (unpaired) electrons. The molecule has 19 heteroatoms. The Bertz CT molecular complexity index is 2070. The second-order valence-corrected chi connectivity index (χ2v) is 10.4. The first-order valence-corrected chi connectivity index (χ1v) is 12.7. The minimum atomic E-state index is -5.39.